The van der Waals surface area contributed by atoms with Crippen molar-refractivity contribution in [2.24, 2.45) is 0 Å². The molecule has 0 saturated heterocycles. The molecular weight excluding hydrogens is 260 g/mol. The molecule has 4 nitrogen and oxygen atoms in total. The van der Waals surface area contributed by atoms with Crippen LogP contribution >= 0.6 is 0 Å². The zero-order chi connectivity index (χ0) is 14.7. The van der Waals surface area contributed by atoms with E-state index in [1.165, 1.54) is 0 Å². The summed E-state index contributed by atoms with van der Waals surface area (Å²) in [5.41, 5.74) is 10.7. The van der Waals surface area contributed by atoms with Crippen LogP contribution in [0.1, 0.15) is 5.56 Å². The van der Waals surface area contributed by atoms with Crippen molar-refractivity contribution < 1.29 is 0 Å². The zero-order valence-electron chi connectivity index (χ0n) is 11.7. The fraction of sp³-hybridized carbons (Fsp3) is 0.0588. The Balaban J connectivity index is 2.02. The molecule has 0 aliphatic carbocycles. The molecule has 0 radical (unpaired) electrons. The minimum Gasteiger partial charge on any atom is -0.399 e. The molecule has 4 heteroatoms. The molecule has 2 heterocycles. The molecule has 21 heavy (non-hydrogen) atoms. The van der Waals surface area contributed by atoms with E-state index in [1.54, 1.807) is 12.4 Å². The lowest BCUT2D eigenvalue weighted by atomic mass is 10.1. The molecule has 0 aliphatic heterocycles. The number of aromatic nitrogens is 2. The summed E-state index contributed by atoms with van der Waals surface area (Å²) in [5.74, 6) is 0.791. The summed E-state index contributed by atoms with van der Waals surface area (Å²) in [6.07, 6.45) is 5.35. The van der Waals surface area contributed by atoms with Gasteiger partial charge in [0.05, 0.1) is 0 Å². The van der Waals surface area contributed by atoms with Gasteiger partial charge in [0, 0.05) is 41.1 Å². The average Bonchev–Trinajstić information content (AvgIpc) is 2.52. The van der Waals surface area contributed by atoms with Gasteiger partial charge in [-0.1, -0.05) is 12.1 Å². The van der Waals surface area contributed by atoms with Crippen LogP contribution in [-0.2, 0) is 0 Å². The van der Waals surface area contributed by atoms with E-state index in [0.29, 0.717) is 0 Å². The Kier molecular flexibility index (Phi) is 3.51. The van der Waals surface area contributed by atoms with Gasteiger partial charge < -0.3 is 11.1 Å². The highest BCUT2D eigenvalue weighted by Crippen LogP contribution is 2.29. The highest BCUT2D eigenvalue weighted by molar-refractivity contribution is 5.79. The number of anilines is 3. The number of benzene rings is 1. The van der Waals surface area contributed by atoms with Gasteiger partial charge in [-0.05, 0) is 42.8 Å². The third kappa shape index (κ3) is 2.84. The van der Waals surface area contributed by atoms with Crippen molar-refractivity contribution >= 4 is 17.2 Å². The number of nitrogens with zero attached hydrogens (tertiary/aromatic N) is 2. The van der Waals surface area contributed by atoms with Gasteiger partial charge in [-0.15, -0.1) is 0 Å². The van der Waals surface area contributed by atoms with Crippen molar-refractivity contribution in [1.82, 2.24) is 9.97 Å². The number of nitrogen functional groups attached to an aromatic ring is 1. The maximum absolute atomic E-state index is 5.86. The van der Waals surface area contributed by atoms with E-state index in [1.807, 2.05) is 55.6 Å². The molecule has 3 aromatic rings. The molecule has 0 fully saturated rings. The monoisotopic (exact) mass is 276 g/mol. The third-order valence-electron chi connectivity index (χ3n) is 3.29. The summed E-state index contributed by atoms with van der Waals surface area (Å²) in [6, 6.07) is 13.7. The molecule has 0 unspecified atom stereocenters. The normalized spacial score (nSPS) is 10.3. The van der Waals surface area contributed by atoms with Gasteiger partial charge in [-0.25, -0.2) is 4.98 Å². The fourth-order valence-electron chi connectivity index (χ4n) is 2.16. The number of pyridine rings is 2. The number of rotatable bonds is 3. The van der Waals surface area contributed by atoms with E-state index in [9.17, 15) is 0 Å². The van der Waals surface area contributed by atoms with Crippen molar-refractivity contribution in [2.45, 2.75) is 6.92 Å². The lowest BCUT2D eigenvalue weighted by Gasteiger charge is -2.13. The summed E-state index contributed by atoms with van der Waals surface area (Å²) < 4.78 is 0. The predicted octanol–water partition coefficient (Wildman–Crippen LogP) is 3.78. The Morgan fingerprint density at radius 1 is 1.05 bits per heavy atom. The first-order chi connectivity index (χ1) is 10.2. The zero-order valence-corrected chi connectivity index (χ0v) is 11.7. The minimum atomic E-state index is 0.724. The van der Waals surface area contributed by atoms with Crippen molar-refractivity contribution in [3.05, 3.63) is 66.6 Å². The van der Waals surface area contributed by atoms with Crippen molar-refractivity contribution in [3.63, 3.8) is 0 Å². The number of nitrogens with two attached hydrogens (primary N) is 1. The van der Waals surface area contributed by atoms with Gasteiger partial charge in [-0.2, -0.15) is 0 Å². The molecule has 0 spiro atoms. The Morgan fingerprint density at radius 3 is 2.71 bits per heavy atom. The first kappa shape index (κ1) is 13.1. The summed E-state index contributed by atoms with van der Waals surface area (Å²) in [7, 11) is 0. The quantitative estimate of drug-likeness (QED) is 0.715. The van der Waals surface area contributed by atoms with Crippen LogP contribution in [-0.4, -0.2) is 9.97 Å². The lowest BCUT2D eigenvalue weighted by Crippen LogP contribution is -1.99. The second-order valence-corrected chi connectivity index (χ2v) is 4.84. The first-order valence-electron chi connectivity index (χ1n) is 6.72. The van der Waals surface area contributed by atoms with E-state index >= 15 is 0 Å². The maximum Gasteiger partial charge on any atom is 0.138 e. The fourth-order valence-corrected chi connectivity index (χ4v) is 2.16. The molecule has 0 aliphatic rings. The number of nitrogens with one attached hydrogen (secondary N) is 1. The van der Waals surface area contributed by atoms with Gasteiger partial charge in [0.15, 0.2) is 0 Å². The van der Waals surface area contributed by atoms with Crippen molar-refractivity contribution in [2.75, 3.05) is 11.1 Å². The molecule has 0 bridgehead atoms. The highest BCUT2D eigenvalue weighted by Gasteiger charge is 2.08. The van der Waals surface area contributed by atoms with E-state index in [2.05, 4.69) is 15.3 Å². The van der Waals surface area contributed by atoms with Gasteiger partial charge in [-0.3, -0.25) is 4.98 Å². The van der Waals surface area contributed by atoms with E-state index in [0.717, 1.165) is 33.9 Å². The molecule has 0 amide bonds. The summed E-state index contributed by atoms with van der Waals surface area (Å²) in [5, 5.41) is 3.36. The van der Waals surface area contributed by atoms with Crippen LogP contribution in [0, 0.1) is 6.92 Å². The lowest BCUT2D eigenvalue weighted by molar-refractivity contribution is 1.28. The molecule has 104 valence electrons. The van der Waals surface area contributed by atoms with Crippen LogP contribution in [0.25, 0.3) is 11.1 Å². The Hall–Kier alpha value is -2.88. The molecule has 2 aromatic heterocycles. The summed E-state index contributed by atoms with van der Waals surface area (Å²) in [4.78, 5) is 8.61. The molecule has 0 saturated carbocycles. The van der Waals surface area contributed by atoms with E-state index in [4.69, 9.17) is 5.73 Å². The van der Waals surface area contributed by atoms with E-state index in [-0.39, 0.29) is 0 Å². The second-order valence-electron chi connectivity index (χ2n) is 4.84. The van der Waals surface area contributed by atoms with Crippen LogP contribution in [0.3, 0.4) is 0 Å². The van der Waals surface area contributed by atoms with Gasteiger partial charge in [0.2, 0.25) is 0 Å². The molecule has 0 atom stereocenters. The van der Waals surface area contributed by atoms with Crippen LogP contribution in [0.2, 0.25) is 0 Å². The third-order valence-corrected chi connectivity index (χ3v) is 3.29. The standard InChI is InChI=1S/C17H16N4/c1-12-6-7-14(18)10-16(12)21-17-15(5-3-9-20-17)13-4-2-8-19-11-13/h2-11H,18H2,1H3,(H,20,21). The Morgan fingerprint density at radius 2 is 1.90 bits per heavy atom. The number of hydrogen-bond donors (Lipinski definition) is 2. The van der Waals surface area contributed by atoms with Crippen molar-refractivity contribution in [3.8, 4) is 11.1 Å². The summed E-state index contributed by atoms with van der Waals surface area (Å²) in [6.45, 7) is 2.04. The average molecular weight is 276 g/mol. The maximum atomic E-state index is 5.86. The van der Waals surface area contributed by atoms with Crippen LogP contribution < -0.4 is 11.1 Å². The highest BCUT2D eigenvalue weighted by atomic mass is 15.0. The van der Waals surface area contributed by atoms with Crippen molar-refractivity contribution in [1.29, 1.82) is 0 Å². The predicted molar refractivity (Wildman–Crippen MR) is 86.3 cm³/mol. The van der Waals surface area contributed by atoms with Gasteiger partial charge >= 0.3 is 0 Å². The van der Waals surface area contributed by atoms with Gasteiger partial charge in [0.25, 0.3) is 0 Å². The largest absolute Gasteiger partial charge is 0.399 e. The number of hydrogen-bond acceptors (Lipinski definition) is 4. The van der Waals surface area contributed by atoms with Gasteiger partial charge in [0.1, 0.15) is 5.82 Å². The van der Waals surface area contributed by atoms with Crippen LogP contribution in [0.15, 0.2) is 61.1 Å². The molecule has 1 aromatic carbocycles. The molecular formula is C17H16N4. The topological polar surface area (TPSA) is 63.8 Å². The van der Waals surface area contributed by atoms with Crippen LogP contribution in [0.4, 0.5) is 17.2 Å². The molecule has 3 rings (SSSR count). The summed E-state index contributed by atoms with van der Waals surface area (Å²) >= 11 is 0. The smallest absolute Gasteiger partial charge is 0.138 e. The SMILES string of the molecule is Cc1ccc(N)cc1Nc1ncccc1-c1cccnc1. The first-order valence-corrected chi connectivity index (χ1v) is 6.72. The van der Waals surface area contributed by atoms with E-state index < -0.39 is 0 Å². The van der Waals surface area contributed by atoms with Crippen LogP contribution in [0.5, 0.6) is 0 Å². The Labute approximate surface area is 123 Å². The Bertz CT molecular complexity index is 754. The second kappa shape index (κ2) is 5.63. The number of aryl methyl sites for hydroxylation is 1. The molecule has 3 N–H and O–H groups in total. The minimum absolute atomic E-state index is 0.724.